The fourth-order valence-electron chi connectivity index (χ4n) is 2.35. The highest BCUT2D eigenvalue weighted by Crippen LogP contribution is 2.27. The zero-order valence-electron chi connectivity index (χ0n) is 11.0. The van der Waals surface area contributed by atoms with Crippen LogP contribution in [0.25, 0.3) is 0 Å². The molecule has 0 aromatic carbocycles. The number of carbonyl (C=O) groups excluding carboxylic acids is 1. The first-order valence-corrected chi connectivity index (χ1v) is 7.26. The van der Waals surface area contributed by atoms with E-state index < -0.39 is 0 Å². The predicted molar refractivity (Wildman–Crippen MR) is 71.9 cm³/mol. The molecule has 1 atom stereocenters. The zero-order valence-corrected chi connectivity index (χ0v) is 11.8. The molecule has 1 fully saturated rings. The minimum atomic E-state index is -0.163. The van der Waals surface area contributed by atoms with Crippen LogP contribution in [0.3, 0.4) is 0 Å². The molecular weight excluding hydrogens is 248 g/mol. The zero-order chi connectivity index (χ0) is 13.0. The maximum atomic E-state index is 11.1. The van der Waals surface area contributed by atoms with Gasteiger partial charge in [-0.2, -0.15) is 0 Å². The topological polar surface area (TPSA) is 42.4 Å². The van der Waals surface area contributed by atoms with Gasteiger partial charge in [0.1, 0.15) is 0 Å². The van der Waals surface area contributed by atoms with E-state index in [9.17, 15) is 4.79 Å². The molecule has 2 heterocycles. The number of carbonyl (C=O) groups is 1. The SMILES string of the molecule is COC(=O)CCc1nc(C2CCCN(C)C2)cs1. The smallest absolute Gasteiger partial charge is 0.305 e. The van der Waals surface area contributed by atoms with Crippen molar-refractivity contribution >= 4 is 17.3 Å². The number of nitrogens with zero attached hydrogens (tertiary/aromatic N) is 2. The van der Waals surface area contributed by atoms with E-state index in [-0.39, 0.29) is 5.97 Å². The Morgan fingerprint density at radius 3 is 3.22 bits per heavy atom. The van der Waals surface area contributed by atoms with Gasteiger partial charge in [0.05, 0.1) is 24.2 Å². The number of likely N-dealkylation sites (N-methyl/N-ethyl adjacent to an activating group) is 1. The van der Waals surface area contributed by atoms with Crippen LogP contribution in [0, 0.1) is 0 Å². The molecule has 0 amide bonds. The van der Waals surface area contributed by atoms with Crippen molar-refractivity contribution in [2.45, 2.75) is 31.6 Å². The summed E-state index contributed by atoms with van der Waals surface area (Å²) in [5.41, 5.74) is 1.20. The largest absolute Gasteiger partial charge is 0.469 e. The Bertz CT molecular complexity index is 405. The number of thiazole rings is 1. The second kappa shape index (κ2) is 6.29. The van der Waals surface area contributed by atoms with Gasteiger partial charge in [-0.3, -0.25) is 4.79 Å². The number of hydrogen-bond acceptors (Lipinski definition) is 5. The Hall–Kier alpha value is -0.940. The second-order valence-corrected chi connectivity index (χ2v) is 5.79. The van der Waals surface area contributed by atoms with E-state index in [0.717, 1.165) is 11.6 Å². The molecule has 0 N–H and O–H groups in total. The van der Waals surface area contributed by atoms with E-state index in [1.165, 1.54) is 32.2 Å². The summed E-state index contributed by atoms with van der Waals surface area (Å²) < 4.78 is 4.64. The van der Waals surface area contributed by atoms with Crippen molar-refractivity contribution < 1.29 is 9.53 Å². The van der Waals surface area contributed by atoms with Crippen molar-refractivity contribution in [3.8, 4) is 0 Å². The van der Waals surface area contributed by atoms with Crippen molar-refractivity contribution in [3.63, 3.8) is 0 Å². The van der Waals surface area contributed by atoms with Gasteiger partial charge in [-0.25, -0.2) is 4.98 Å². The van der Waals surface area contributed by atoms with E-state index in [0.29, 0.717) is 18.8 Å². The summed E-state index contributed by atoms with van der Waals surface area (Å²) in [7, 11) is 3.59. The van der Waals surface area contributed by atoms with Crippen LogP contribution < -0.4 is 0 Å². The highest BCUT2D eigenvalue weighted by Gasteiger charge is 2.21. The molecule has 1 aromatic rings. The molecule has 5 heteroatoms. The Kier molecular flexibility index (Phi) is 4.72. The number of aromatic nitrogens is 1. The van der Waals surface area contributed by atoms with Gasteiger partial charge in [-0.1, -0.05) is 0 Å². The van der Waals surface area contributed by atoms with Gasteiger partial charge >= 0.3 is 5.97 Å². The molecule has 1 aliphatic rings. The monoisotopic (exact) mass is 268 g/mol. The fourth-order valence-corrected chi connectivity index (χ4v) is 3.23. The molecule has 1 saturated heterocycles. The lowest BCUT2D eigenvalue weighted by molar-refractivity contribution is -0.140. The maximum Gasteiger partial charge on any atom is 0.305 e. The first-order chi connectivity index (χ1) is 8.69. The molecule has 1 aromatic heterocycles. The maximum absolute atomic E-state index is 11.1. The van der Waals surface area contributed by atoms with Crippen LogP contribution in [0.15, 0.2) is 5.38 Å². The van der Waals surface area contributed by atoms with Crippen LogP contribution in [-0.2, 0) is 16.0 Å². The quantitative estimate of drug-likeness (QED) is 0.784. The van der Waals surface area contributed by atoms with E-state index >= 15 is 0 Å². The predicted octanol–water partition coefficient (Wildman–Crippen LogP) is 2.06. The number of ether oxygens (including phenoxy) is 1. The average Bonchev–Trinajstić information content (AvgIpc) is 2.84. The van der Waals surface area contributed by atoms with E-state index in [1.54, 1.807) is 11.3 Å². The molecule has 4 nitrogen and oxygen atoms in total. The third-order valence-electron chi connectivity index (χ3n) is 3.38. The van der Waals surface area contributed by atoms with Crippen LogP contribution in [-0.4, -0.2) is 43.1 Å². The molecule has 0 saturated carbocycles. The van der Waals surface area contributed by atoms with Gasteiger partial charge in [-0.15, -0.1) is 11.3 Å². The van der Waals surface area contributed by atoms with E-state index in [1.807, 2.05) is 0 Å². The second-order valence-electron chi connectivity index (χ2n) is 4.84. The minimum Gasteiger partial charge on any atom is -0.469 e. The highest BCUT2D eigenvalue weighted by atomic mass is 32.1. The molecule has 18 heavy (non-hydrogen) atoms. The van der Waals surface area contributed by atoms with Gasteiger partial charge in [0.25, 0.3) is 0 Å². The minimum absolute atomic E-state index is 0.163. The number of piperidine rings is 1. The number of methoxy groups -OCH3 is 1. The summed E-state index contributed by atoms with van der Waals surface area (Å²) in [4.78, 5) is 18.1. The van der Waals surface area contributed by atoms with Crippen LogP contribution in [0.4, 0.5) is 0 Å². The van der Waals surface area contributed by atoms with Crippen LogP contribution in [0.5, 0.6) is 0 Å². The van der Waals surface area contributed by atoms with Crippen molar-refractivity contribution in [1.82, 2.24) is 9.88 Å². The van der Waals surface area contributed by atoms with Crippen molar-refractivity contribution in [2.24, 2.45) is 0 Å². The lowest BCUT2D eigenvalue weighted by atomic mass is 9.96. The number of likely N-dealkylation sites (tertiary alicyclic amines) is 1. The lowest BCUT2D eigenvalue weighted by Gasteiger charge is -2.28. The van der Waals surface area contributed by atoms with Gasteiger partial charge in [0.15, 0.2) is 0 Å². The number of hydrogen-bond donors (Lipinski definition) is 0. The van der Waals surface area contributed by atoms with Crippen LogP contribution >= 0.6 is 11.3 Å². The molecule has 0 aliphatic carbocycles. The van der Waals surface area contributed by atoms with Crippen molar-refractivity contribution in [2.75, 3.05) is 27.2 Å². The molecule has 1 unspecified atom stereocenters. The Morgan fingerprint density at radius 2 is 2.50 bits per heavy atom. The third kappa shape index (κ3) is 3.53. The van der Waals surface area contributed by atoms with Gasteiger partial charge in [0.2, 0.25) is 0 Å². The summed E-state index contributed by atoms with van der Waals surface area (Å²) in [6.07, 6.45) is 3.59. The van der Waals surface area contributed by atoms with Crippen molar-refractivity contribution in [3.05, 3.63) is 16.1 Å². The van der Waals surface area contributed by atoms with Crippen LogP contribution in [0.2, 0.25) is 0 Å². The molecule has 1 aliphatic heterocycles. The summed E-state index contributed by atoms with van der Waals surface area (Å²) in [6, 6.07) is 0. The molecule has 0 spiro atoms. The van der Waals surface area contributed by atoms with E-state index in [4.69, 9.17) is 0 Å². The normalized spacial score (nSPS) is 20.9. The number of aryl methyl sites for hydroxylation is 1. The standard InChI is InChI=1S/C13H20N2O2S/c1-15-7-3-4-10(8-15)11-9-18-12(14-11)5-6-13(16)17-2/h9-10H,3-8H2,1-2H3. The molecular formula is C13H20N2O2S. The van der Waals surface area contributed by atoms with Gasteiger partial charge < -0.3 is 9.64 Å². The summed E-state index contributed by atoms with van der Waals surface area (Å²) in [6.45, 7) is 2.29. The van der Waals surface area contributed by atoms with Crippen molar-refractivity contribution in [1.29, 1.82) is 0 Å². The molecule has 2 rings (SSSR count). The number of rotatable bonds is 4. The highest BCUT2D eigenvalue weighted by molar-refractivity contribution is 7.09. The molecule has 0 bridgehead atoms. The Balaban J connectivity index is 1.91. The first-order valence-electron chi connectivity index (χ1n) is 6.38. The summed E-state index contributed by atoms with van der Waals surface area (Å²) >= 11 is 1.66. The van der Waals surface area contributed by atoms with Crippen LogP contribution in [0.1, 0.15) is 35.9 Å². The average molecular weight is 268 g/mol. The van der Waals surface area contributed by atoms with E-state index in [2.05, 4.69) is 27.0 Å². The first kappa shape index (κ1) is 13.5. The lowest BCUT2D eigenvalue weighted by Crippen LogP contribution is -2.30. The summed E-state index contributed by atoms with van der Waals surface area (Å²) in [5.74, 6) is 0.399. The van der Waals surface area contributed by atoms with Gasteiger partial charge in [-0.05, 0) is 26.4 Å². The fraction of sp³-hybridized carbons (Fsp3) is 0.692. The molecule has 100 valence electrons. The Morgan fingerprint density at radius 1 is 1.67 bits per heavy atom. The Labute approximate surface area is 112 Å². The number of esters is 1. The molecule has 0 radical (unpaired) electrons. The van der Waals surface area contributed by atoms with Gasteiger partial charge in [0, 0.05) is 24.3 Å². The summed E-state index contributed by atoms with van der Waals surface area (Å²) in [5, 5.41) is 3.19. The third-order valence-corrected chi connectivity index (χ3v) is 4.31.